The van der Waals surface area contributed by atoms with E-state index in [0.29, 0.717) is 5.56 Å². The predicted octanol–water partition coefficient (Wildman–Crippen LogP) is 5.29. The Labute approximate surface area is 134 Å². The molecule has 0 aromatic heterocycles. The van der Waals surface area contributed by atoms with E-state index >= 15 is 0 Å². The van der Waals surface area contributed by atoms with E-state index in [2.05, 4.69) is 28.2 Å². The number of halogens is 1. The molecular formula is C16H23BrN2O2. The molecule has 0 unspecified atom stereocenters. The highest BCUT2D eigenvalue weighted by Gasteiger charge is 2.20. The average Bonchev–Trinajstić information content (AvgIpc) is 2.48. The summed E-state index contributed by atoms with van der Waals surface area (Å²) in [6.07, 6.45) is 6.55. The van der Waals surface area contributed by atoms with Gasteiger partial charge in [-0.05, 0) is 53.6 Å². The lowest BCUT2D eigenvalue weighted by molar-refractivity contribution is -0.385. The van der Waals surface area contributed by atoms with Gasteiger partial charge in [-0.2, -0.15) is 0 Å². The first-order chi connectivity index (χ1) is 10.0. The molecule has 1 aromatic carbocycles. The minimum atomic E-state index is -0.337. The molecule has 1 aliphatic rings. The van der Waals surface area contributed by atoms with Crippen molar-refractivity contribution in [3.8, 4) is 0 Å². The predicted molar refractivity (Wildman–Crippen MR) is 89.8 cm³/mol. The monoisotopic (exact) mass is 354 g/mol. The summed E-state index contributed by atoms with van der Waals surface area (Å²) in [6.45, 7) is 5.01. The van der Waals surface area contributed by atoms with Gasteiger partial charge in [0.25, 0.3) is 5.69 Å². The Balaban J connectivity index is 1.95. The van der Waals surface area contributed by atoms with Crippen molar-refractivity contribution in [1.29, 1.82) is 0 Å². The number of nitrogens with one attached hydrogen (secondary N) is 1. The van der Waals surface area contributed by atoms with Gasteiger partial charge in [-0.15, -0.1) is 0 Å². The summed E-state index contributed by atoms with van der Waals surface area (Å²) >= 11 is 3.43. The molecule has 1 N–H and O–H groups in total. The maximum atomic E-state index is 10.9. The minimum absolute atomic E-state index is 0.163. The summed E-state index contributed by atoms with van der Waals surface area (Å²) < 4.78 is 0.766. The number of benzene rings is 1. The smallest absolute Gasteiger partial charge is 0.273 e. The maximum absolute atomic E-state index is 10.9. The van der Waals surface area contributed by atoms with Crippen LogP contribution in [0.15, 0.2) is 16.6 Å². The summed E-state index contributed by atoms with van der Waals surface area (Å²) in [6, 6.07) is 3.45. The van der Waals surface area contributed by atoms with Gasteiger partial charge in [-0.3, -0.25) is 10.1 Å². The fourth-order valence-corrected chi connectivity index (χ4v) is 3.57. The third-order valence-corrected chi connectivity index (χ3v) is 5.26. The quantitative estimate of drug-likeness (QED) is 0.576. The third-order valence-electron chi connectivity index (χ3n) is 4.61. The first kappa shape index (κ1) is 16.3. The Morgan fingerprint density at radius 2 is 1.90 bits per heavy atom. The second kappa shape index (κ2) is 7.25. The molecular weight excluding hydrogens is 332 g/mol. The molecule has 1 aromatic rings. The van der Waals surface area contributed by atoms with Gasteiger partial charge in [0.1, 0.15) is 0 Å². The molecule has 0 amide bonds. The fraction of sp³-hybridized carbons (Fsp3) is 0.625. The lowest BCUT2D eigenvalue weighted by Crippen LogP contribution is -2.21. The number of nitro groups is 1. The van der Waals surface area contributed by atoms with Crippen LogP contribution in [0.5, 0.6) is 0 Å². The lowest BCUT2D eigenvalue weighted by Gasteiger charge is -2.28. The van der Waals surface area contributed by atoms with Gasteiger partial charge >= 0.3 is 0 Å². The molecule has 4 nitrogen and oxygen atoms in total. The highest BCUT2D eigenvalue weighted by Crippen LogP contribution is 2.33. The molecule has 21 heavy (non-hydrogen) atoms. The average molecular weight is 355 g/mol. The van der Waals surface area contributed by atoms with Crippen LogP contribution in [0.25, 0.3) is 0 Å². The van der Waals surface area contributed by atoms with Crippen LogP contribution in [0, 0.1) is 28.9 Å². The number of rotatable bonds is 5. The number of hydrogen-bond acceptors (Lipinski definition) is 3. The Hall–Kier alpha value is -1.10. The summed E-state index contributed by atoms with van der Waals surface area (Å²) in [7, 11) is 0. The SMILES string of the molecule is CCC1CCC(CNc2cc(C)c([N+](=O)[O-])cc2Br)CC1. The molecule has 0 bridgehead atoms. The molecule has 0 aliphatic heterocycles. The summed E-state index contributed by atoms with van der Waals surface area (Å²) in [5, 5.41) is 14.4. The van der Waals surface area contributed by atoms with E-state index < -0.39 is 0 Å². The van der Waals surface area contributed by atoms with E-state index in [1.165, 1.54) is 32.1 Å². The molecule has 0 atom stereocenters. The maximum Gasteiger partial charge on any atom is 0.273 e. The summed E-state index contributed by atoms with van der Waals surface area (Å²) in [4.78, 5) is 10.6. The van der Waals surface area contributed by atoms with Crippen LogP contribution in [0.1, 0.15) is 44.6 Å². The van der Waals surface area contributed by atoms with Crippen molar-refractivity contribution in [2.45, 2.75) is 46.0 Å². The second-order valence-corrected chi connectivity index (χ2v) is 6.91. The van der Waals surface area contributed by atoms with Gasteiger partial charge in [-0.1, -0.05) is 26.2 Å². The van der Waals surface area contributed by atoms with Crippen molar-refractivity contribution >= 4 is 27.3 Å². The molecule has 0 spiro atoms. The minimum Gasteiger partial charge on any atom is -0.384 e. The van der Waals surface area contributed by atoms with Crippen LogP contribution in [0.4, 0.5) is 11.4 Å². The number of anilines is 1. The van der Waals surface area contributed by atoms with Crippen LogP contribution >= 0.6 is 15.9 Å². The van der Waals surface area contributed by atoms with Crippen LogP contribution in [0.2, 0.25) is 0 Å². The van der Waals surface area contributed by atoms with E-state index in [-0.39, 0.29) is 10.6 Å². The molecule has 0 saturated heterocycles. The third kappa shape index (κ3) is 4.19. The number of nitrogens with zero attached hydrogens (tertiary/aromatic N) is 1. The van der Waals surface area contributed by atoms with Gasteiger partial charge in [0, 0.05) is 28.3 Å². The van der Waals surface area contributed by atoms with E-state index in [1.54, 1.807) is 13.0 Å². The molecule has 2 rings (SSSR count). The molecule has 116 valence electrons. The molecule has 0 heterocycles. The Morgan fingerprint density at radius 3 is 2.48 bits per heavy atom. The largest absolute Gasteiger partial charge is 0.384 e. The highest BCUT2D eigenvalue weighted by atomic mass is 79.9. The standard InChI is InChI=1S/C16H23BrN2O2/c1-3-12-4-6-13(7-5-12)10-18-15-8-11(2)16(19(20)21)9-14(15)17/h8-9,12-13,18H,3-7,10H2,1-2H3. The summed E-state index contributed by atoms with van der Waals surface area (Å²) in [5.41, 5.74) is 1.81. The topological polar surface area (TPSA) is 55.2 Å². The van der Waals surface area contributed by atoms with Gasteiger partial charge in [0.15, 0.2) is 0 Å². The zero-order chi connectivity index (χ0) is 15.4. The van der Waals surface area contributed by atoms with Gasteiger partial charge in [0.2, 0.25) is 0 Å². The zero-order valence-corrected chi connectivity index (χ0v) is 14.3. The van der Waals surface area contributed by atoms with Crippen LogP contribution in [0.3, 0.4) is 0 Å². The first-order valence-electron chi connectivity index (χ1n) is 7.69. The van der Waals surface area contributed by atoms with Crippen molar-refractivity contribution in [3.05, 3.63) is 32.3 Å². The van der Waals surface area contributed by atoms with Crippen LogP contribution in [-0.2, 0) is 0 Å². The van der Waals surface area contributed by atoms with Gasteiger partial charge < -0.3 is 5.32 Å². The normalized spacial score (nSPS) is 22.0. The van der Waals surface area contributed by atoms with Crippen molar-refractivity contribution in [2.24, 2.45) is 11.8 Å². The second-order valence-electron chi connectivity index (χ2n) is 6.05. The van der Waals surface area contributed by atoms with E-state index in [4.69, 9.17) is 0 Å². The van der Waals surface area contributed by atoms with Crippen molar-refractivity contribution in [2.75, 3.05) is 11.9 Å². The van der Waals surface area contributed by atoms with E-state index in [1.807, 2.05) is 6.07 Å². The van der Waals surface area contributed by atoms with E-state index in [9.17, 15) is 10.1 Å². The Morgan fingerprint density at radius 1 is 1.29 bits per heavy atom. The van der Waals surface area contributed by atoms with E-state index in [0.717, 1.165) is 28.5 Å². The van der Waals surface area contributed by atoms with Gasteiger partial charge in [0.05, 0.1) is 4.92 Å². The number of hydrogen-bond donors (Lipinski definition) is 1. The fourth-order valence-electron chi connectivity index (χ4n) is 3.10. The number of nitro benzene ring substituents is 1. The van der Waals surface area contributed by atoms with Crippen LogP contribution in [-0.4, -0.2) is 11.5 Å². The van der Waals surface area contributed by atoms with Crippen LogP contribution < -0.4 is 5.32 Å². The molecule has 1 saturated carbocycles. The van der Waals surface area contributed by atoms with Gasteiger partial charge in [-0.25, -0.2) is 0 Å². The molecule has 1 aliphatic carbocycles. The Bertz CT molecular complexity index is 511. The number of aryl methyl sites for hydroxylation is 1. The first-order valence-corrected chi connectivity index (χ1v) is 8.49. The lowest BCUT2D eigenvalue weighted by atomic mass is 9.81. The molecule has 1 fully saturated rings. The van der Waals surface area contributed by atoms with Crippen molar-refractivity contribution in [1.82, 2.24) is 0 Å². The Kier molecular flexibility index (Phi) is 5.62. The molecule has 0 radical (unpaired) electrons. The highest BCUT2D eigenvalue weighted by molar-refractivity contribution is 9.10. The molecule has 5 heteroatoms. The van der Waals surface area contributed by atoms with Crippen molar-refractivity contribution in [3.63, 3.8) is 0 Å². The summed E-state index contributed by atoms with van der Waals surface area (Å²) in [5.74, 6) is 1.63. The zero-order valence-electron chi connectivity index (χ0n) is 12.7. The van der Waals surface area contributed by atoms with Crippen molar-refractivity contribution < 1.29 is 4.92 Å².